The highest BCUT2D eigenvalue weighted by molar-refractivity contribution is 6.34. The summed E-state index contributed by atoms with van der Waals surface area (Å²) in [6.45, 7) is 2.78. The van der Waals surface area contributed by atoms with Crippen LogP contribution in [0.5, 0.6) is 0 Å². The van der Waals surface area contributed by atoms with Crippen molar-refractivity contribution in [2.24, 2.45) is 0 Å². The van der Waals surface area contributed by atoms with Gasteiger partial charge in [0, 0.05) is 23.7 Å². The van der Waals surface area contributed by atoms with Crippen molar-refractivity contribution in [1.82, 2.24) is 0 Å². The minimum absolute atomic E-state index is 0.280. The predicted octanol–water partition coefficient (Wildman–Crippen LogP) is 3.66. The lowest BCUT2D eigenvalue weighted by molar-refractivity contribution is 0.102. The molecule has 1 heterocycles. The third-order valence-corrected chi connectivity index (χ3v) is 4.35. The molecule has 1 saturated heterocycles. The summed E-state index contributed by atoms with van der Waals surface area (Å²) >= 11 is 12.2. The Labute approximate surface area is 150 Å². The number of nitrogens with two attached hydrogens (primary N) is 1. The molecule has 2 aromatic rings. The van der Waals surface area contributed by atoms with Gasteiger partial charge in [0.15, 0.2) is 0 Å². The predicted molar refractivity (Wildman–Crippen MR) is 98.3 cm³/mol. The lowest BCUT2D eigenvalue weighted by Crippen LogP contribution is -2.36. The van der Waals surface area contributed by atoms with Crippen LogP contribution in [0.2, 0.25) is 10.0 Å². The fourth-order valence-electron chi connectivity index (χ4n) is 2.58. The van der Waals surface area contributed by atoms with Gasteiger partial charge in [0.1, 0.15) is 0 Å². The van der Waals surface area contributed by atoms with E-state index in [-0.39, 0.29) is 5.91 Å². The van der Waals surface area contributed by atoms with Gasteiger partial charge in [-0.2, -0.15) is 0 Å². The van der Waals surface area contributed by atoms with Gasteiger partial charge in [-0.1, -0.05) is 29.3 Å². The molecule has 0 saturated carbocycles. The van der Waals surface area contributed by atoms with Crippen LogP contribution in [-0.4, -0.2) is 32.2 Å². The number of carbonyl (C=O) groups is 1. The fourth-order valence-corrected chi connectivity index (χ4v) is 2.98. The zero-order valence-corrected chi connectivity index (χ0v) is 14.4. The van der Waals surface area contributed by atoms with Gasteiger partial charge in [0.25, 0.3) is 5.91 Å². The van der Waals surface area contributed by atoms with Crippen LogP contribution < -0.4 is 16.0 Å². The summed E-state index contributed by atoms with van der Waals surface area (Å²) in [4.78, 5) is 14.5. The average molecular weight is 366 g/mol. The zero-order chi connectivity index (χ0) is 17.1. The quantitative estimate of drug-likeness (QED) is 0.814. The Kier molecular flexibility index (Phi) is 5.14. The maximum atomic E-state index is 12.4. The molecule has 0 bridgehead atoms. The van der Waals surface area contributed by atoms with Crippen LogP contribution in [0.4, 0.5) is 17.1 Å². The van der Waals surface area contributed by atoms with E-state index >= 15 is 0 Å². The van der Waals surface area contributed by atoms with Crippen LogP contribution in [0.1, 0.15) is 10.4 Å². The largest absolute Gasteiger partial charge is 0.397 e. The first-order chi connectivity index (χ1) is 11.5. The van der Waals surface area contributed by atoms with E-state index in [1.54, 1.807) is 36.4 Å². The van der Waals surface area contributed by atoms with Gasteiger partial charge >= 0.3 is 0 Å². The van der Waals surface area contributed by atoms with E-state index < -0.39 is 0 Å². The van der Waals surface area contributed by atoms with Crippen molar-refractivity contribution in [3.8, 4) is 0 Å². The van der Waals surface area contributed by atoms with Crippen molar-refractivity contribution in [2.45, 2.75) is 0 Å². The van der Waals surface area contributed by atoms with Crippen LogP contribution in [0.3, 0.4) is 0 Å². The number of hydrogen-bond donors (Lipinski definition) is 2. The normalized spacial score (nSPS) is 14.5. The minimum atomic E-state index is -0.280. The number of benzene rings is 2. The molecule has 1 amide bonds. The van der Waals surface area contributed by atoms with Crippen molar-refractivity contribution in [1.29, 1.82) is 0 Å². The number of carbonyl (C=O) groups excluding carboxylic acids is 1. The molecular weight excluding hydrogens is 349 g/mol. The summed E-state index contributed by atoms with van der Waals surface area (Å²) in [6.07, 6.45) is 0. The third-order valence-electron chi connectivity index (χ3n) is 3.80. The fraction of sp³-hybridized carbons (Fsp3) is 0.235. The molecular formula is C17H17Cl2N3O2. The topological polar surface area (TPSA) is 67.6 Å². The van der Waals surface area contributed by atoms with Gasteiger partial charge in [0.05, 0.1) is 35.3 Å². The maximum absolute atomic E-state index is 12.4. The van der Waals surface area contributed by atoms with Crippen molar-refractivity contribution in [3.63, 3.8) is 0 Å². The summed E-state index contributed by atoms with van der Waals surface area (Å²) in [5, 5.41) is 3.71. The standard InChI is InChI=1S/C17H17Cl2N3O2/c18-12-3-1-2-11(8-12)17(23)21-15-10-16(14(20)9-13(15)19)22-4-6-24-7-5-22/h1-3,8-10H,4-7,20H2,(H,21,23). The van der Waals surface area contributed by atoms with E-state index in [1.165, 1.54) is 0 Å². The molecule has 0 spiro atoms. The Morgan fingerprint density at radius 1 is 1.17 bits per heavy atom. The monoisotopic (exact) mass is 365 g/mol. The number of nitrogens with one attached hydrogen (secondary N) is 1. The number of morpholine rings is 1. The second-order valence-corrected chi connectivity index (χ2v) is 6.30. The van der Waals surface area contributed by atoms with E-state index in [4.69, 9.17) is 33.7 Å². The second kappa shape index (κ2) is 7.30. The van der Waals surface area contributed by atoms with Gasteiger partial charge in [-0.3, -0.25) is 4.79 Å². The SMILES string of the molecule is Nc1cc(Cl)c(NC(=O)c2cccc(Cl)c2)cc1N1CCOCC1. The maximum Gasteiger partial charge on any atom is 0.255 e. The van der Waals surface area contributed by atoms with Crippen LogP contribution in [0.15, 0.2) is 36.4 Å². The summed E-state index contributed by atoms with van der Waals surface area (Å²) in [7, 11) is 0. The number of rotatable bonds is 3. The van der Waals surface area contributed by atoms with E-state index in [9.17, 15) is 4.79 Å². The smallest absolute Gasteiger partial charge is 0.255 e. The Morgan fingerprint density at radius 2 is 1.92 bits per heavy atom. The number of ether oxygens (including phenoxy) is 1. The molecule has 1 aliphatic heterocycles. The minimum Gasteiger partial charge on any atom is -0.397 e. The molecule has 3 N–H and O–H groups in total. The molecule has 2 aromatic carbocycles. The number of anilines is 3. The van der Waals surface area contributed by atoms with Crippen LogP contribution >= 0.6 is 23.2 Å². The second-order valence-electron chi connectivity index (χ2n) is 5.45. The van der Waals surface area contributed by atoms with Crippen LogP contribution in [0.25, 0.3) is 0 Å². The van der Waals surface area contributed by atoms with Crippen molar-refractivity contribution < 1.29 is 9.53 Å². The van der Waals surface area contributed by atoms with Crippen LogP contribution in [0, 0.1) is 0 Å². The third kappa shape index (κ3) is 3.75. The van der Waals surface area contributed by atoms with Crippen molar-refractivity contribution in [2.75, 3.05) is 42.3 Å². The lowest BCUT2D eigenvalue weighted by atomic mass is 10.1. The Balaban J connectivity index is 1.86. The summed E-state index contributed by atoms with van der Waals surface area (Å²) in [5.41, 5.74) is 8.47. The molecule has 0 aliphatic carbocycles. The zero-order valence-electron chi connectivity index (χ0n) is 12.9. The highest BCUT2D eigenvalue weighted by Gasteiger charge is 2.17. The molecule has 1 fully saturated rings. The van der Waals surface area contributed by atoms with E-state index in [1.807, 2.05) is 0 Å². The molecule has 3 rings (SSSR count). The molecule has 0 aromatic heterocycles. The highest BCUT2D eigenvalue weighted by atomic mass is 35.5. The lowest BCUT2D eigenvalue weighted by Gasteiger charge is -2.30. The van der Waals surface area contributed by atoms with Gasteiger partial charge < -0.3 is 20.7 Å². The van der Waals surface area contributed by atoms with E-state index in [2.05, 4.69) is 10.2 Å². The van der Waals surface area contributed by atoms with E-state index in [0.29, 0.717) is 40.2 Å². The number of halogens is 2. The molecule has 1 aliphatic rings. The Morgan fingerprint density at radius 3 is 2.62 bits per heavy atom. The van der Waals surface area contributed by atoms with Crippen molar-refractivity contribution in [3.05, 3.63) is 52.0 Å². The Hall–Kier alpha value is -1.95. The molecule has 0 radical (unpaired) electrons. The van der Waals surface area contributed by atoms with Gasteiger partial charge in [0.2, 0.25) is 0 Å². The van der Waals surface area contributed by atoms with Gasteiger partial charge in [-0.05, 0) is 30.3 Å². The number of amides is 1. The number of nitrogens with zero attached hydrogens (tertiary/aromatic N) is 1. The first kappa shape index (κ1) is 16.9. The molecule has 24 heavy (non-hydrogen) atoms. The molecule has 5 nitrogen and oxygen atoms in total. The molecule has 0 atom stereocenters. The Bertz CT molecular complexity index is 761. The summed E-state index contributed by atoms with van der Waals surface area (Å²) in [5.74, 6) is -0.280. The van der Waals surface area contributed by atoms with Gasteiger partial charge in [-0.25, -0.2) is 0 Å². The first-order valence-corrected chi connectivity index (χ1v) is 8.29. The molecule has 126 valence electrons. The van der Waals surface area contributed by atoms with Crippen molar-refractivity contribution >= 4 is 46.2 Å². The number of nitrogen functional groups attached to an aromatic ring is 1. The average Bonchev–Trinajstić information content (AvgIpc) is 2.58. The first-order valence-electron chi connectivity index (χ1n) is 7.53. The van der Waals surface area contributed by atoms with E-state index in [0.717, 1.165) is 18.8 Å². The summed E-state index contributed by atoms with van der Waals surface area (Å²) in [6, 6.07) is 10.2. The van der Waals surface area contributed by atoms with Crippen LogP contribution in [-0.2, 0) is 4.74 Å². The number of hydrogen-bond acceptors (Lipinski definition) is 4. The summed E-state index contributed by atoms with van der Waals surface area (Å²) < 4.78 is 5.36. The molecule has 0 unspecified atom stereocenters. The molecule has 7 heteroatoms. The highest BCUT2D eigenvalue weighted by Crippen LogP contribution is 2.34. The van der Waals surface area contributed by atoms with Gasteiger partial charge in [-0.15, -0.1) is 0 Å².